The molecule has 5 heteroatoms. The van der Waals surface area contributed by atoms with Crippen LogP contribution in [0, 0.1) is 11.3 Å². The molecular formula is C15H11NO4. The fourth-order valence-corrected chi connectivity index (χ4v) is 1.63. The van der Waals surface area contributed by atoms with Crippen molar-refractivity contribution in [1.82, 2.24) is 0 Å². The molecule has 0 amide bonds. The van der Waals surface area contributed by atoms with Gasteiger partial charge in [-0.3, -0.25) is 0 Å². The highest BCUT2D eigenvalue weighted by molar-refractivity contribution is 5.88. The number of carboxylic acids is 1. The smallest absolute Gasteiger partial charge is 0.335 e. The lowest BCUT2D eigenvalue weighted by Crippen LogP contribution is -1.96. The normalized spacial score (nSPS) is 9.60. The van der Waals surface area contributed by atoms with E-state index in [4.69, 9.17) is 19.8 Å². The number of hydrogen-bond acceptors (Lipinski definition) is 4. The Balaban J connectivity index is 2.36. The molecule has 2 aromatic carbocycles. The molecule has 0 saturated carbocycles. The largest absolute Gasteiger partial charge is 0.497 e. The van der Waals surface area contributed by atoms with Crippen molar-refractivity contribution in [2.75, 3.05) is 7.11 Å². The summed E-state index contributed by atoms with van der Waals surface area (Å²) in [5, 5.41) is 18.0. The van der Waals surface area contributed by atoms with E-state index in [2.05, 4.69) is 0 Å². The number of aromatic carboxylic acids is 1. The molecule has 0 atom stereocenters. The molecule has 0 aliphatic carbocycles. The number of nitrogens with zero attached hydrogens (tertiary/aromatic N) is 1. The fourth-order valence-electron chi connectivity index (χ4n) is 1.63. The van der Waals surface area contributed by atoms with Gasteiger partial charge in [0.2, 0.25) is 0 Å². The summed E-state index contributed by atoms with van der Waals surface area (Å²) in [6.07, 6.45) is 0. The van der Waals surface area contributed by atoms with Crippen LogP contribution in [0.5, 0.6) is 17.2 Å². The van der Waals surface area contributed by atoms with Crippen LogP contribution in [0.2, 0.25) is 0 Å². The van der Waals surface area contributed by atoms with Crippen LogP contribution < -0.4 is 9.47 Å². The molecule has 2 aromatic rings. The number of rotatable bonds is 4. The van der Waals surface area contributed by atoms with Gasteiger partial charge in [0.25, 0.3) is 0 Å². The van der Waals surface area contributed by atoms with Crippen molar-refractivity contribution in [3.63, 3.8) is 0 Å². The van der Waals surface area contributed by atoms with Gasteiger partial charge in [0.15, 0.2) is 0 Å². The minimum absolute atomic E-state index is 0.115. The van der Waals surface area contributed by atoms with E-state index < -0.39 is 5.97 Å². The zero-order valence-corrected chi connectivity index (χ0v) is 10.7. The van der Waals surface area contributed by atoms with E-state index in [9.17, 15) is 4.79 Å². The zero-order chi connectivity index (χ0) is 14.5. The number of ether oxygens (including phenoxy) is 2. The number of benzene rings is 2. The molecule has 0 aromatic heterocycles. The summed E-state index contributed by atoms with van der Waals surface area (Å²) >= 11 is 0. The Morgan fingerprint density at radius 3 is 2.65 bits per heavy atom. The highest BCUT2D eigenvalue weighted by Crippen LogP contribution is 2.29. The Kier molecular flexibility index (Phi) is 3.87. The van der Waals surface area contributed by atoms with E-state index in [0.717, 1.165) is 0 Å². The van der Waals surface area contributed by atoms with Crippen LogP contribution in [0.3, 0.4) is 0 Å². The fraction of sp³-hybridized carbons (Fsp3) is 0.0667. The maximum absolute atomic E-state index is 10.9. The Bertz CT molecular complexity index is 689. The Labute approximate surface area is 115 Å². The first kappa shape index (κ1) is 13.4. The number of carboxylic acid groups (broad SMARTS) is 1. The van der Waals surface area contributed by atoms with E-state index in [-0.39, 0.29) is 5.56 Å². The second-order valence-electron chi connectivity index (χ2n) is 3.91. The molecule has 1 N–H and O–H groups in total. The quantitative estimate of drug-likeness (QED) is 0.922. The summed E-state index contributed by atoms with van der Waals surface area (Å²) in [5.41, 5.74) is 0.454. The van der Waals surface area contributed by atoms with Crippen molar-refractivity contribution < 1.29 is 19.4 Å². The number of nitriles is 1. The lowest BCUT2D eigenvalue weighted by Gasteiger charge is -2.09. The third-order valence-electron chi connectivity index (χ3n) is 2.62. The predicted molar refractivity (Wildman–Crippen MR) is 71.2 cm³/mol. The van der Waals surface area contributed by atoms with Gasteiger partial charge in [0.1, 0.15) is 23.3 Å². The van der Waals surface area contributed by atoms with Crippen LogP contribution in [-0.2, 0) is 0 Å². The number of hydrogen-bond donors (Lipinski definition) is 1. The van der Waals surface area contributed by atoms with Gasteiger partial charge in [-0.15, -0.1) is 0 Å². The lowest BCUT2D eigenvalue weighted by atomic mass is 10.2. The van der Waals surface area contributed by atoms with Crippen molar-refractivity contribution in [2.45, 2.75) is 0 Å². The molecule has 0 bridgehead atoms. The van der Waals surface area contributed by atoms with Gasteiger partial charge >= 0.3 is 5.97 Å². The Morgan fingerprint density at radius 2 is 2.00 bits per heavy atom. The molecule has 0 aliphatic rings. The second-order valence-corrected chi connectivity index (χ2v) is 3.91. The van der Waals surface area contributed by atoms with Crippen molar-refractivity contribution >= 4 is 5.97 Å². The second kappa shape index (κ2) is 5.76. The van der Waals surface area contributed by atoms with Crippen molar-refractivity contribution in [1.29, 1.82) is 5.26 Å². The average molecular weight is 269 g/mol. The van der Waals surface area contributed by atoms with Gasteiger partial charge < -0.3 is 14.6 Å². The van der Waals surface area contributed by atoms with E-state index in [1.165, 1.54) is 19.2 Å². The van der Waals surface area contributed by atoms with E-state index in [0.29, 0.717) is 22.8 Å². The summed E-state index contributed by atoms with van der Waals surface area (Å²) in [5.74, 6) is 0.166. The van der Waals surface area contributed by atoms with Crippen LogP contribution in [0.1, 0.15) is 15.9 Å². The molecule has 100 valence electrons. The van der Waals surface area contributed by atoms with Crippen molar-refractivity contribution in [2.24, 2.45) is 0 Å². The van der Waals surface area contributed by atoms with Gasteiger partial charge in [-0.25, -0.2) is 4.79 Å². The third kappa shape index (κ3) is 2.87. The van der Waals surface area contributed by atoms with E-state index in [1.807, 2.05) is 6.07 Å². The first-order valence-electron chi connectivity index (χ1n) is 5.73. The molecule has 0 fully saturated rings. The minimum atomic E-state index is -1.04. The van der Waals surface area contributed by atoms with Crippen molar-refractivity contribution in [3.8, 4) is 23.3 Å². The van der Waals surface area contributed by atoms with Crippen LogP contribution >= 0.6 is 0 Å². The average Bonchev–Trinajstić information content (AvgIpc) is 2.47. The molecule has 20 heavy (non-hydrogen) atoms. The van der Waals surface area contributed by atoms with Crippen LogP contribution in [-0.4, -0.2) is 18.2 Å². The SMILES string of the molecule is COc1ccc(C#N)c(Oc2cccc(C(=O)O)c2)c1. The summed E-state index contributed by atoms with van der Waals surface area (Å²) in [6.45, 7) is 0. The summed E-state index contributed by atoms with van der Waals surface area (Å²) in [7, 11) is 1.51. The molecule has 0 saturated heterocycles. The maximum Gasteiger partial charge on any atom is 0.335 e. The monoisotopic (exact) mass is 269 g/mol. The molecule has 0 heterocycles. The van der Waals surface area contributed by atoms with Gasteiger partial charge in [-0.1, -0.05) is 6.07 Å². The number of carbonyl (C=O) groups is 1. The third-order valence-corrected chi connectivity index (χ3v) is 2.62. The van der Waals surface area contributed by atoms with E-state index in [1.54, 1.807) is 30.3 Å². The molecule has 0 spiro atoms. The molecule has 0 aliphatic heterocycles. The predicted octanol–water partition coefficient (Wildman–Crippen LogP) is 3.06. The van der Waals surface area contributed by atoms with Gasteiger partial charge in [0.05, 0.1) is 18.2 Å². The first-order chi connectivity index (χ1) is 9.63. The van der Waals surface area contributed by atoms with Gasteiger partial charge in [0, 0.05) is 6.07 Å². The zero-order valence-electron chi connectivity index (χ0n) is 10.7. The first-order valence-corrected chi connectivity index (χ1v) is 5.73. The lowest BCUT2D eigenvalue weighted by molar-refractivity contribution is 0.0696. The summed E-state index contributed by atoms with van der Waals surface area (Å²) in [6, 6.07) is 12.9. The number of methoxy groups -OCH3 is 1. The summed E-state index contributed by atoms with van der Waals surface area (Å²) < 4.78 is 10.6. The molecule has 0 unspecified atom stereocenters. The minimum Gasteiger partial charge on any atom is -0.497 e. The van der Waals surface area contributed by atoms with Gasteiger partial charge in [-0.05, 0) is 30.3 Å². The highest BCUT2D eigenvalue weighted by Gasteiger charge is 2.09. The van der Waals surface area contributed by atoms with E-state index >= 15 is 0 Å². The Morgan fingerprint density at radius 1 is 1.20 bits per heavy atom. The van der Waals surface area contributed by atoms with Crippen LogP contribution in [0.4, 0.5) is 0 Å². The van der Waals surface area contributed by atoms with Crippen LogP contribution in [0.25, 0.3) is 0 Å². The molecule has 2 rings (SSSR count). The molecular weight excluding hydrogens is 258 g/mol. The maximum atomic E-state index is 10.9. The van der Waals surface area contributed by atoms with Crippen LogP contribution in [0.15, 0.2) is 42.5 Å². The standard InChI is InChI=1S/C15H11NO4/c1-19-12-6-5-11(9-16)14(8-12)20-13-4-2-3-10(7-13)15(17)18/h2-8H,1H3,(H,17,18). The van der Waals surface area contributed by atoms with Gasteiger partial charge in [-0.2, -0.15) is 5.26 Å². The Hall–Kier alpha value is -3.00. The highest BCUT2D eigenvalue weighted by atomic mass is 16.5. The molecule has 0 radical (unpaired) electrons. The summed E-state index contributed by atoms with van der Waals surface area (Å²) in [4.78, 5) is 10.9. The van der Waals surface area contributed by atoms with Crippen molar-refractivity contribution in [3.05, 3.63) is 53.6 Å². The molecule has 5 nitrogen and oxygen atoms in total. The topological polar surface area (TPSA) is 79.5 Å².